The number of aryl methyl sites for hydroxylation is 1. The molecule has 0 radical (unpaired) electrons. The lowest BCUT2D eigenvalue weighted by atomic mass is 9.83. The molecule has 3 aromatic carbocycles. The van der Waals surface area contributed by atoms with Crippen molar-refractivity contribution in [1.29, 1.82) is 0 Å². The first-order valence-corrected chi connectivity index (χ1v) is 11.7. The summed E-state index contributed by atoms with van der Waals surface area (Å²) in [5, 5.41) is 1.21. The van der Waals surface area contributed by atoms with Gasteiger partial charge in [0.2, 0.25) is 17.3 Å². The SMILES string of the molecule is COc1ccc(-c2c3c(nc4oc(C(=O)c5ccc(Cl)cc5)c(N)c24)-c2ccccc2CC3)cc1. The first-order valence-electron chi connectivity index (χ1n) is 11.3. The fraction of sp³-hybridized carbons (Fsp3) is 0.103. The lowest BCUT2D eigenvalue weighted by Gasteiger charge is -2.22. The first-order chi connectivity index (χ1) is 17.0. The molecule has 0 spiro atoms. The van der Waals surface area contributed by atoms with E-state index in [0.717, 1.165) is 46.5 Å². The smallest absolute Gasteiger partial charge is 0.230 e. The van der Waals surface area contributed by atoms with Crippen LogP contribution in [0.1, 0.15) is 27.2 Å². The highest BCUT2D eigenvalue weighted by molar-refractivity contribution is 6.30. The number of benzene rings is 3. The molecule has 2 aromatic heterocycles. The molecule has 0 amide bonds. The summed E-state index contributed by atoms with van der Waals surface area (Å²) in [5.41, 5.74) is 13.9. The summed E-state index contributed by atoms with van der Waals surface area (Å²) < 4.78 is 11.4. The number of aromatic nitrogens is 1. The Bertz CT molecular complexity index is 1600. The maximum atomic E-state index is 13.3. The minimum absolute atomic E-state index is 0.0835. The third-order valence-electron chi connectivity index (χ3n) is 6.59. The molecule has 0 saturated carbocycles. The van der Waals surface area contributed by atoms with E-state index in [2.05, 4.69) is 12.1 Å². The van der Waals surface area contributed by atoms with Crippen molar-refractivity contribution in [2.24, 2.45) is 0 Å². The van der Waals surface area contributed by atoms with Crippen LogP contribution in [0.25, 0.3) is 33.5 Å². The number of furan rings is 1. The molecule has 0 unspecified atom stereocenters. The molecule has 6 heteroatoms. The van der Waals surface area contributed by atoms with Gasteiger partial charge in [-0.1, -0.05) is 48.0 Å². The van der Waals surface area contributed by atoms with Crippen LogP contribution in [0.3, 0.4) is 0 Å². The van der Waals surface area contributed by atoms with Crippen LogP contribution in [0.15, 0.2) is 77.2 Å². The lowest BCUT2D eigenvalue weighted by Crippen LogP contribution is -2.08. The largest absolute Gasteiger partial charge is 0.497 e. The van der Waals surface area contributed by atoms with Gasteiger partial charge >= 0.3 is 0 Å². The highest BCUT2D eigenvalue weighted by Gasteiger charge is 2.29. The quantitative estimate of drug-likeness (QED) is 0.288. The average Bonchev–Trinajstić information content (AvgIpc) is 3.23. The van der Waals surface area contributed by atoms with Gasteiger partial charge in [0.05, 0.1) is 23.9 Å². The van der Waals surface area contributed by atoms with Crippen molar-refractivity contribution in [3.8, 4) is 28.1 Å². The Balaban J connectivity index is 1.64. The van der Waals surface area contributed by atoms with E-state index in [9.17, 15) is 4.79 Å². The highest BCUT2D eigenvalue weighted by Crippen LogP contribution is 2.45. The van der Waals surface area contributed by atoms with Gasteiger partial charge in [0.1, 0.15) is 5.75 Å². The van der Waals surface area contributed by atoms with Crippen LogP contribution in [0.2, 0.25) is 5.02 Å². The van der Waals surface area contributed by atoms with Gasteiger partial charge in [-0.2, -0.15) is 0 Å². The number of ketones is 1. The van der Waals surface area contributed by atoms with Crippen molar-refractivity contribution >= 4 is 34.2 Å². The second kappa shape index (κ2) is 8.29. The van der Waals surface area contributed by atoms with Gasteiger partial charge in [-0.3, -0.25) is 4.79 Å². The summed E-state index contributed by atoms with van der Waals surface area (Å²) in [5.74, 6) is 0.536. The number of carbonyl (C=O) groups is 1. The maximum Gasteiger partial charge on any atom is 0.230 e. The molecular formula is C29H21ClN2O3. The topological polar surface area (TPSA) is 78.4 Å². The normalized spacial score (nSPS) is 12.3. The van der Waals surface area contributed by atoms with E-state index < -0.39 is 0 Å². The predicted octanol–water partition coefficient (Wildman–Crippen LogP) is 6.74. The van der Waals surface area contributed by atoms with Crippen LogP contribution in [0.5, 0.6) is 5.75 Å². The van der Waals surface area contributed by atoms with Gasteiger partial charge in [-0.05, 0) is 65.9 Å². The van der Waals surface area contributed by atoms with Gasteiger partial charge in [0.15, 0.2) is 0 Å². The van der Waals surface area contributed by atoms with Crippen LogP contribution in [0, 0.1) is 0 Å². The van der Waals surface area contributed by atoms with Gasteiger partial charge in [-0.15, -0.1) is 0 Å². The number of methoxy groups -OCH3 is 1. The molecule has 0 aliphatic heterocycles. The molecule has 2 N–H and O–H groups in total. The zero-order valence-corrected chi connectivity index (χ0v) is 19.7. The molecule has 1 aliphatic rings. The Morgan fingerprint density at radius 3 is 2.49 bits per heavy atom. The van der Waals surface area contributed by atoms with Crippen molar-refractivity contribution in [3.63, 3.8) is 0 Å². The average molecular weight is 481 g/mol. The van der Waals surface area contributed by atoms with Gasteiger partial charge in [0, 0.05) is 21.7 Å². The number of pyridine rings is 1. The number of rotatable bonds is 4. The number of nitrogens with zero attached hydrogens (tertiary/aromatic N) is 1. The number of anilines is 1. The number of carbonyl (C=O) groups excluding carboxylic acids is 1. The van der Waals surface area contributed by atoms with Crippen molar-refractivity contribution in [1.82, 2.24) is 4.98 Å². The van der Waals surface area contributed by atoms with E-state index in [1.165, 1.54) is 5.56 Å². The Morgan fingerprint density at radius 2 is 1.74 bits per heavy atom. The number of fused-ring (bicyclic) bond motifs is 4. The third kappa shape index (κ3) is 3.47. The Morgan fingerprint density at radius 1 is 1.00 bits per heavy atom. The van der Waals surface area contributed by atoms with E-state index >= 15 is 0 Å². The van der Waals surface area contributed by atoms with Gasteiger partial charge < -0.3 is 14.9 Å². The number of hydrogen-bond acceptors (Lipinski definition) is 5. The van der Waals surface area contributed by atoms with E-state index in [1.54, 1.807) is 31.4 Å². The molecular weight excluding hydrogens is 460 g/mol. The summed E-state index contributed by atoms with van der Waals surface area (Å²) in [7, 11) is 1.64. The number of hydrogen-bond donors (Lipinski definition) is 1. The summed E-state index contributed by atoms with van der Waals surface area (Å²) in [6.45, 7) is 0. The van der Waals surface area contributed by atoms with E-state index in [-0.39, 0.29) is 11.5 Å². The van der Waals surface area contributed by atoms with Crippen LogP contribution in [-0.4, -0.2) is 17.9 Å². The van der Waals surface area contributed by atoms with Crippen molar-refractivity contribution in [2.75, 3.05) is 12.8 Å². The van der Waals surface area contributed by atoms with Crippen LogP contribution in [0.4, 0.5) is 5.69 Å². The molecule has 0 fully saturated rings. The second-order valence-corrected chi connectivity index (χ2v) is 9.00. The third-order valence-corrected chi connectivity index (χ3v) is 6.84. The number of nitrogens with two attached hydrogens (primary N) is 1. The van der Waals surface area contributed by atoms with Crippen molar-refractivity contribution in [3.05, 3.63) is 100 Å². The van der Waals surface area contributed by atoms with E-state index in [0.29, 0.717) is 27.4 Å². The van der Waals surface area contributed by atoms with Gasteiger partial charge in [-0.25, -0.2) is 4.98 Å². The Labute approximate surface area is 207 Å². The molecule has 5 nitrogen and oxygen atoms in total. The number of ether oxygens (including phenoxy) is 1. The second-order valence-electron chi connectivity index (χ2n) is 8.56. The van der Waals surface area contributed by atoms with Crippen LogP contribution >= 0.6 is 11.6 Å². The molecule has 5 aromatic rings. The number of nitrogen functional groups attached to an aromatic ring is 1. The predicted molar refractivity (Wildman–Crippen MR) is 138 cm³/mol. The summed E-state index contributed by atoms with van der Waals surface area (Å²) in [6, 6.07) is 22.8. The minimum Gasteiger partial charge on any atom is -0.497 e. The Hall–Kier alpha value is -4.09. The van der Waals surface area contributed by atoms with Crippen LogP contribution in [-0.2, 0) is 12.8 Å². The molecule has 0 bridgehead atoms. The maximum absolute atomic E-state index is 13.3. The molecule has 172 valence electrons. The number of halogens is 1. The molecule has 0 saturated heterocycles. The molecule has 0 atom stereocenters. The lowest BCUT2D eigenvalue weighted by molar-refractivity contribution is 0.101. The molecule has 35 heavy (non-hydrogen) atoms. The van der Waals surface area contributed by atoms with Crippen molar-refractivity contribution < 1.29 is 13.9 Å². The van der Waals surface area contributed by atoms with Gasteiger partial charge in [0.25, 0.3) is 0 Å². The van der Waals surface area contributed by atoms with Crippen LogP contribution < -0.4 is 10.5 Å². The zero-order chi connectivity index (χ0) is 24.1. The fourth-order valence-corrected chi connectivity index (χ4v) is 4.99. The molecule has 6 rings (SSSR count). The molecule has 1 aliphatic carbocycles. The standard InChI is InChI=1S/C29H21ClN2O3/c1-34-20-13-8-17(9-14-20)23-22-15-10-16-4-2-3-5-21(16)26(22)32-29-24(23)25(31)28(35-29)27(33)18-6-11-19(30)12-7-18/h2-9,11-14H,10,15,31H2,1H3. The molecule has 2 heterocycles. The monoisotopic (exact) mass is 480 g/mol. The zero-order valence-electron chi connectivity index (χ0n) is 19.0. The van der Waals surface area contributed by atoms with E-state index in [4.69, 9.17) is 31.5 Å². The van der Waals surface area contributed by atoms with Crippen molar-refractivity contribution in [2.45, 2.75) is 12.8 Å². The highest BCUT2D eigenvalue weighted by atomic mass is 35.5. The summed E-state index contributed by atoms with van der Waals surface area (Å²) in [6.07, 6.45) is 1.70. The first kappa shape index (κ1) is 21.4. The Kier molecular flexibility index (Phi) is 5.08. The van der Waals surface area contributed by atoms with E-state index in [1.807, 2.05) is 36.4 Å². The summed E-state index contributed by atoms with van der Waals surface area (Å²) >= 11 is 6.00. The minimum atomic E-state index is -0.309. The fourth-order valence-electron chi connectivity index (χ4n) is 4.86. The summed E-state index contributed by atoms with van der Waals surface area (Å²) in [4.78, 5) is 18.2.